The van der Waals surface area contributed by atoms with E-state index in [0.717, 1.165) is 5.56 Å². The summed E-state index contributed by atoms with van der Waals surface area (Å²) in [6, 6.07) is 6.43. The Hall–Kier alpha value is -1.07. The van der Waals surface area contributed by atoms with Crippen LogP contribution in [0.25, 0.3) is 0 Å². The molecule has 0 heterocycles. The molecule has 2 nitrogen and oxygen atoms in total. The molecule has 0 radical (unpaired) electrons. The third-order valence-corrected chi connectivity index (χ3v) is 2.51. The van der Waals surface area contributed by atoms with E-state index in [9.17, 15) is 13.2 Å². The van der Waals surface area contributed by atoms with E-state index >= 15 is 0 Å². The Morgan fingerprint density at radius 2 is 1.71 bits per heavy atom. The van der Waals surface area contributed by atoms with E-state index < -0.39 is 18.6 Å². The van der Waals surface area contributed by atoms with Crippen LogP contribution in [0.2, 0.25) is 0 Å². The fourth-order valence-corrected chi connectivity index (χ4v) is 1.68. The molecule has 0 aliphatic rings. The van der Waals surface area contributed by atoms with Crippen LogP contribution in [0.3, 0.4) is 0 Å². The molecule has 0 spiro atoms. The van der Waals surface area contributed by atoms with Crippen molar-refractivity contribution in [1.29, 1.82) is 0 Å². The standard InChI is InChI=1S/C12H17F3N2/c1-17(2)8-9-3-5-10(6-4-9)11(7-16)12(13,14)15/h3-6,11H,7-8,16H2,1-2H3. The van der Waals surface area contributed by atoms with Gasteiger partial charge in [0.25, 0.3) is 0 Å². The Labute approximate surface area is 99.2 Å². The molecule has 1 aromatic carbocycles. The molecule has 0 aromatic heterocycles. The van der Waals surface area contributed by atoms with Crippen LogP contribution < -0.4 is 5.73 Å². The normalized spacial score (nSPS) is 14.1. The summed E-state index contributed by atoms with van der Waals surface area (Å²) in [5, 5.41) is 0. The average Bonchev–Trinajstić information content (AvgIpc) is 2.18. The molecule has 0 aliphatic carbocycles. The van der Waals surface area contributed by atoms with Crippen LogP contribution in [0.4, 0.5) is 13.2 Å². The van der Waals surface area contributed by atoms with E-state index in [4.69, 9.17) is 5.73 Å². The SMILES string of the molecule is CN(C)Cc1ccc(C(CN)C(F)(F)F)cc1. The summed E-state index contributed by atoms with van der Waals surface area (Å²) in [5.74, 6) is -1.57. The summed E-state index contributed by atoms with van der Waals surface area (Å²) in [4.78, 5) is 1.96. The maximum Gasteiger partial charge on any atom is 0.396 e. The first-order valence-electron chi connectivity index (χ1n) is 5.35. The Balaban J connectivity index is 2.86. The molecule has 0 bridgehead atoms. The summed E-state index contributed by atoms with van der Waals surface area (Å²) in [6.07, 6.45) is -4.28. The van der Waals surface area contributed by atoms with Gasteiger partial charge in [-0.05, 0) is 25.2 Å². The first-order chi connectivity index (χ1) is 7.84. The second-order valence-electron chi connectivity index (χ2n) is 4.31. The molecule has 0 saturated carbocycles. The topological polar surface area (TPSA) is 29.3 Å². The van der Waals surface area contributed by atoms with Gasteiger partial charge in [-0.3, -0.25) is 0 Å². The van der Waals surface area contributed by atoms with Gasteiger partial charge in [-0.25, -0.2) is 0 Å². The number of nitrogens with zero attached hydrogens (tertiary/aromatic N) is 1. The lowest BCUT2D eigenvalue weighted by Gasteiger charge is -2.19. The molecule has 0 fully saturated rings. The zero-order valence-corrected chi connectivity index (χ0v) is 9.96. The zero-order valence-electron chi connectivity index (χ0n) is 9.96. The number of halogens is 3. The third kappa shape index (κ3) is 4.02. The van der Waals surface area contributed by atoms with Gasteiger partial charge in [0, 0.05) is 13.1 Å². The van der Waals surface area contributed by atoms with Crippen molar-refractivity contribution in [3.8, 4) is 0 Å². The van der Waals surface area contributed by atoms with E-state index in [1.54, 1.807) is 12.1 Å². The van der Waals surface area contributed by atoms with Gasteiger partial charge in [-0.1, -0.05) is 24.3 Å². The van der Waals surface area contributed by atoms with Gasteiger partial charge in [-0.15, -0.1) is 0 Å². The number of nitrogens with two attached hydrogens (primary N) is 1. The summed E-state index contributed by atoms with van der Waals surface area (Å²) in [7, 11) is 3.82. The van der Waals surface area contributed by atoms with Crippen molar-refractivity contribution in [1.82, 2.24) is 4.90 Å². The van der Waals surface area contributed by atoms with Crippen LogP contribution >= 0.6 is 0 Å². The van der Waals surface area contributed by atoms with Crippen LogP contribution in [0, 0.1) is 0 Å². The Kier molecular flexibility index (Phi) is 4.54. The molecule has 0 amide bonds. The fraction of sp³-hybridized carbons (Fsp3) is 0.500. The molecule has 96 valence electrons. The minimum absolute atomic E-state index is 0.225. The minimum Gasteiger partial charge on any atom is -0.330 e. The fourth-order valence-electron chi connectivity index (χ4n) is 1.68. The van der Waals surface area contributed by atoms with Crippen LogP contribution in [0.1, 0.15) is 17.0 Å². The van der Waals surface area contributed by atoms with Crippen molar-refractivity contribution in [2.75, 3.05) is 20.6 Å². The molecule has 1 atom stereocenters. The molecule has 1 aromatic rings. The number of alkyl halides is 3. The van der Waals surface area contributed by atoms with Crippen molar-refractivity contribution < 1.29 is 13.2 Å². The van der Waals surface area contributed by atoms with E-state index in [1.807, 2.05) is 19.0 Å². The van der Waals surface area contributed by atoms with Crippen molar-refractivity contribution in [3.05, 3.63) is 35.4 Å². The van der Waals surface area contributed by atoms with E-state index in [0.29, 0.717) is 6.54 Å². The van der Waals surface area contributed by atoms with Crippen molar-refractivity contribution in [2.45, 2.75) is 18.6 Å². The van der Waals surface area contributed by atoms with Gasteiger partial charge < -0.3 is 10.6 Å². The number of hydrogen-bond donors (Lipinski definition) is 1. The summed E-state index contributed by atoms with van der Waals surface area (Å²) in [6.45, 7) is 0.288. The van der Waals surface area contributed by atoms with E-state index in [2.05, 4.69) is 0 Å². The first kappa shape index (κ1) is 14.0. The molecular formula is C12H17F3N2. The Morgan fingerprint density at radius 3 is 2.06 bits per heavy atom. The van der Waals surface area contributed by atoms with Crippen LogP contribution in [-0.2, 0) is 6.54 Å². The molecule has 1 rings (SSSR count). The summed E-state index contributed by atoms with van der Waals surface area (Å²) in [5.41, 5.74) is 6.39. The van der Waals surface area contributed by atoms with Crippen molar-refractivity contribution in [2.24, 2.45) is 5.73 Å². The molecule has 0 saturated heterocycles. The lowest BCUT2D eigenvalue weighted by atomic mass is 9.97. The van der Waals surface area contributed by atoms with E-state index in [1.165, 1.54) is 12.1 Å². The maximum atomic E-state index is 12.6. The number of benzene rings is 1. The largest absolute Gasteiger partial charge is 0.396 e. The molecule has 2 N–H and O–H groups in total. The summed E-state index contributed by atoms with van der Waals surface area (Å²) >= 11 is 0. The second kappa shape index (κ2) is 5.51. The molecule has 0 aliphatic heterocycles. The summed E-state index contributed by atoms with van der Waals surface area (Å²) < 4.78 is 37.9. The Bertz CT molecular complexity index is 344. The average molecular weight is 246 g/mol. The highest BCUT2D eigenvalue weighted by molar-refractivity contribution is 5.26. The lowest BCUT2D eigenvalue weighted by Crippen LogP contribution is -2.28. The lowest BCUT2D eigenvalue weighted by molar-refractivity contribution is -0.148. The predicted octanol–water partition coefficient (Wildman–Crippen LogP) is 2.35. The van der Waals surface area contributed by atoms with Gasteiger partial charge in [0.1, 0.15) is 0 Å². The van der Waals surface area contributed by atoms with Gasteiger partial charge in [-0.2, -0.15) is 13.2 Å². The predicted molar refractivity (Wildman–Crippen MR) is 61.7 cm³/mol. The second-order valence-corrected chi connectivity index (χ2v) is 4.31. The van der Waals surface area contributed by atoms with Gasteiger partial charge in [0.05, 0.1) is 5.92 Å². The quantitative estimate of drug-likeness (QED) is 0.883. The highest BCUT2D eigenvalue weighted by Gasteiger charge is 2.39. The van der Waals surface area contributed by atoms with Gasteiger partial charge in [0.2, 0.25) is 0 Å². The van der Waals surface area contributed by atoms with Crippen molar-refractivity contribution >= 4 is 0 Å². The molecular weight excluding hydrogens is 229 g/mol. The minimum atomic E-state index is -4.28. The molecule has 5 heteroatoms. The van der Waals surface area contributed by atoms with Gasteiger partial charge >= 0.3 is 6.18 Å². The smallest absolute Gasteiger partial charge is 0.330 e. The first-order valence-corrected chi connectivity index (χ1v) is 5.35. The Morgan fingerprint density at radius 1 is 1.18 bits per heavy atom. The molecule has 1 unspecified atom stereocenters. The molecule has 17 heavy (non-hydrogen) atoms. The van der Waals surface area contributed by atoms with Crippen LogP contribution in [-0.4, -0.2) is 31.7 Å². The monoisotopic (exact) mass is 246 g/mol. The van der Waals surface area contributed by atoms with Crippen molar-refractivity contribution in [3.63, 3.8) is 0 Å². The number of hydrogen-bond acceptors (Lipinski definition) is 2. The number of rotatable bonds is 4. The van der Waals surface area contributed by atoms with Crippen LogP contribution in [0.15, 0.2) is 24.3 Å². The van der Waals surface area contributed by atoms with E-state index in [-0.39, 0.29) is 5.56 Å². The maximum absolute atomic E-state index is 12.6. The highest BCUT2D eigenvalue weighted by atomic mass is 19.4. The third-order valence-electron chi connectivity index (χ3n) is 2.51. The van der Waals surface area contributed by atoms with Crippen LogP contribution in [0.5, 0.6) is 0 Å². The highest BCUT2D eigenvalue weighted by Crippen LogP contribution is 2.33. The zero-order chi connectivity index (χ0) is 13.1. The van der Waals surface area contributed by atoms with Gasteiger partial charge in [0.15, 0.2) is 0 Å².